The minimum atomic E-state index is -5.35. The third-order valence-electron chi connectivity index (χ3n) is 5.52. The largest absolute Gasteiger partial charge is 0.501 e. The number of alkyl halides is 3. The van der Waals surface area contributed by atoms with Gasteiger partial charge in [-0.05, 0) is 36.6 Å². The summed E-state index contributed by atoms with van der Waals surface area (Å²) in [6.07, 6.45) is 4.23. The summed E-state index contributed by atoms with van der Waals surface area (Å²) in [7, 11) is -5.35. The highest BCUT2D eigenvalue weighted by Gasteiger charge is 2.46. The van der Waals surface area contributed by atoms with Crippen LogP contribution in [-0.2, 0) is 26.0 Å². The van der Waals surface area contributed by atoms with Gasteiger partial charge in [0.1, 0.15) is 17.0 Å². The Morgan fingerprint density at radius 2 is 1.79 bits per heavy atom. The lowest BCUT2D eigenvalue weighted by atomic mass is 10.0. The van der Waals surface area contributed by atoms with E-state index in [1.54, 1.807) is 6.07 Å². The fourth-order valence-electron chi connectivity index (χ4n) is 3.72. The summed E-state index contributed by atoms with van der Waals surface area (Å²) in [5, 5.41) is 19.9. The van der Waals surface area contributed by atoms with Crippen LogP contribution in [-0.4, -0.2) is 70.1 Å². The van der Waals surface area contributed by atoms with Gasteiger partial charge in [0.15, 0.2) is 0 Å². The Morgan fingerprint density at radius 3 is 2.38 bits per heavy atom. The molecule has 0 saturated carbocycles. The number of fused-ring (bicyclic) bond motifs is 1. The number of aromatic nitrogens is 2. The number of thiophene rings is 1. The molecule has 1 aromatic carbocycles. The number of carboxylic acids is 2. The van der Waals surface area contributed by atoms with E-state index in [1.807, 2.05) is 6.07 Å². The van der Waals surface area contributed by atoms with Gasteiger partial charge in [0.2, 0.25) is 0 Å². The quantitative estimate of drug-likeness (QED) is 0.323. The number of carbonyl (C=O) groups is 2. The van der Waals surface area contributed by atoms with E-state index in [1.165, 1.54) is 23.7 Å². The second kappa shape index (κ2) is 12.7. The minimum Gasteiger partial charge on any atom is -0.478 e. The van der Waals surface area contributed by atoms with E-state index in [4.69, 9.17) is 21.8 Å². The Bertz CT molecular complexity index is 1460. The first-order valence-electron chi connectivity index (χ1n) is 11.2. The smallest absolute Gasteiger partial charge is 0.478 e. The van der Waals surface area contributed by atoms with Crippen molar-refractivity contribution in [3.63, 3.8) is 0 Å². The highest BCUT2D eigenvalue weighted by atomic mass is 35.5. The molecule has 3 N–H and O–H groups in total. The summed E-state index contributed by atoms with van der Waals surface area (Å²) in [6.45, 7) is 1.81. The standard InChI is InChI=1S/C19H18ClF3N4O2S2.C4H4O4.H2/c20-16-9-15-17(24-11-25-18(15)30-16)26-13-4-6-27(7-5-13)10-12-2-1-3-14(8-12)31(28,29)19(21,22)23;5-3(6)1-2-4(7)8;/h1-3,8-9,11,13H,4-7,10H2,(H,24,25,26);1-2H,(H,5,6)(H,7,8);1H/b;2-1-;. The van der Waals surface area contributed by atoms with E-state index in [9.17, 15) is 31.2 Å². The van der Waals surface area contributed by atoms with Crippen LogP contribution >= 0.6 is 22.9 Å². The van der Waals surface area contributed by atoms with Crippen molar-refractivity contribution in [3.05, 3.63) is 58.7 Å². The second-order valence-corrected chi connectivity index (χ2v) is 11.9. The van der Waals surface area contributed by atoms with E-state index < -0.39 is 32.2 Å². The number of nitrogens with one attached hydrogen (secondary N) is 1. The maximum atomic E-state index is 12.8. The Balaban J connectivity index is 0.000000546. The van der Waals surface area contributed by atoms with Crippen LogP contribution in [0.25, 0.3) is 10.2 Å². The summed E-state index contributed by atoms with van der Waals surface area (Å²) < 4.78 is 62.4. The van der Waals surface area contributed by atoms with Crippen molar-refractivity contribution in [3.8, 4) is 0 Å². The van der Waals surface area contributed by atoms with Crippen LogP contribution in [0.5, 0.6) is 0 Å². The number of nitrogens with zero attached hydrogens (tertiary/aromatic N) is 3. The van der Waals surface area contributed by atoms with Crippen LogP contribution in [0.2, 0.25) is 4.34 Å². The first-order chi connectivity index (χ1) is 18.3. The predicted octanol–water partition coefficient (Wildman–Crippen LogP) is 4.67. The Labute approximate surface area is 231 Å². The monoisotopic (exact) mass is 608 g/mol. The SMILES string of the molecule is O=C(O)/C=C\C(=O)O.O=S(=O)(c1cccc(CN2CCC(Nc3ncnc4sc(Cl)cc34)CC2)c1)C(F)(F)F.[HH]. The average molecular weight is 609 g/mol. The number of aliphatic carboxylic acids is 2. The highest BCUT2D eigenvalue weighted by Crippen LogP contribution is 2.33. The first-order valence-corrected chi connectivity index (χ1v) is 13.9. The Kier molecular flexibility index (Phi) is 9.88. The topological polar surface area (TPSA) is 150 Å². The fraction of sp³-hybridized carbons (Fsp3) is 0.304. The van der Waals surface area contributed by atoms with Crippen molar-refractivity contribution in [2.75, 3.05) is 18.4 Å². The number of piperidine rings is 1. The predicted molar refractivity (Wildman–Crippen MR) is 141 cm³/mol. The number of carboxylic acid groups (broad SMARTS) is 2. The van der Waals surface area contributed by atoms with Gasteiger partial charge in [-0.2, -0.15) is 13.2 Å². The van der Waals surface area contributed by atoms with Crippen LogP contribution in [0.1, 0.15) is 19.8 Å². The normalized spacial score (nSPS) is 15.2. The van der Waals surface area contributed by atoms with Gasteiger partial charge >= 0.3 is 17.4 Å². The summed E-state index contributed by atoms with van der Waals surface area (Å²) in [4.78, 5) is 29.8. The van der Waals surface area contributed by atoms with Gasteiger partial charge < -0.3 is 15.5 Å². The van der Waals surface area contributed by atoms with Gasteiger partial charge in [0, 0.05) is 39.3 Å². The van der Waals surface area contributed by atoms with Crippen molar-refractivity contribution in [2.45, 2.75) is 35.8 Å². The Hall–Kier alpha value is -3.27. The summed E-state index contributed by atoms with van der Waals surface area (Å²) in [5.74, 6) is -1.78. The van der Waals surface area contributed by atoms with E-state index >= 15 is 0 Å². The molecule has 0 amide bonds. The Morgan fingerprint density at radius 1 is 1.15 bits per heavy atom. The van der Waals surface area contributed by atoms with Crippen LogP contribution < -0.4 is 5.32 Å². The van der Waals surface area contributed by atoms with Gasteiger partial charge in [-0.25, -0.2) is 28.0 Å². The molecule has 212 valence electrons. The van der Waals surface area contributed by atoms with Crippen LogP contribution in [0, 0.1) is 0 Å². The summed E-state index contributed by atoms with van der Waals surface area (Å²) in [5.41, 5.74) is -4.78. The number of hydrogen-bond donors (Lipinski definition) is 3. The number of halogens is 4. The average Bonchev–Trinajstić information content (AvgIpc) is 3.25. The summed E-state index contributed by atoms with van der Waals surface area (Å²) in [6, 6.07) is 7.07. The number of rotatable bonds is 7. The number of benzene rings is 1. The van der Waals surface area contributed by atoms with Crippen LogP contribution in [0.4, 0.5) is 19.0 Å². The molecule has 0 unspecified atom stereocenters. The number of likely N-dealkylation sites (tertiary alicyclic amines) is 1. The molecule has 3 aromatic rings. The molecule has 10 nitrogen and oxygen atoms in total. The lowest BCUT2D eigenvalue weighted by Crippen LogP contribution is -2.38. The van der Waals surface area contributed by atoms with Crippen molar-refractivity contribution in [2.24, 2.45) is 0 Å². The molecule has 2 aromatic heterocycles. The maximum absolute atomic E-state index is 12.8. The second-order valence-electron chi connectivity index (χ2n) is 8.29. The number of sulfone groups is 1. The molecule has 39 heavy (non-hydrogen) atoms. The molecular formula is C23H24ClF3N4O6S2. The molecule has 16 heteroatoms. The molecule has 1 fully saturated rings. The third kappa shape index (κ3) is 8.36. The molecule has 0 atom stereocenters. The van der Waals surface area contributed by atoms with Gasteiger partial charge in [0.05, 0.1) is 14.6 Å². The fourth-order valence-corrected chi connectivity index (χ4v) is 5.60. The van der Waals surface area contributed by atoms with Gasteiger partial charge in [-0.1, -0.05) is 23.7 Å². The van der Waals surface area contributed by atoms with Crippen molar-refractivity contribution >= 4 is 60.7 Å². The third-order valence-corrected chi connectivity index (χ3v) is 8.17. The summed E-state index contributed by atoms with van der Waals surface area (Å²) >= 11 is 7.46. The molecule has 1 aliphatic heterocycles. The van der Waals surface area contributed by atoms with Crippen molar-refractivity contribution in [1.29, 1.82) is 0 Å². The molecular weight excluding hydrogens is 585 g/mol. The van der Waals surface area contributed by atoms with Gasteiger partial charge in [-0.15, -0.1) is 11.3 Å². The lowest BCUT2D eigenvalue weighted by Gasteiger charge is -2.32. The molecule has 0 radical (unpaired) electrons. The molecule has 1 saturated heterocycles. The van der Waals surface area contributed by atoms with Crippen molar-refractivity contribution < 1.29 is 42.8 Å². The van der Waals surface area contributed by atoms with Crippen LogP contribution in [0.3, 0.4) is 0 Å². The zero-order valence-electron chi connectivity index (χ0n) is 19.9. The van der Waals surface area contributed by atoms with E-state index in [2.05, 4.69) is 20.2 Å². The zero-order chi connectivity index (χ0) is 28.8. The van der Waals surface area contributed by atoms with E-state index in [0.717, 1.165) is 41.0 Å². The number of anilines is 1. The van der Waals surface area contributed by atoms with Crippen molar-refractivity contribution in [1.82, 2.24) is 14.9 Å². The zero-order valence-corrected chi connectivity index (χ0v) is 22.3. The molecule has 0 spiro atoms. The van der Waals surface area contributed by atoms with Crippen LogP contribution in [0.15, 0.2) is 53.7 Å². The van der Waals surface area contributed by atoms with Gasteiger partial charge in [-0.3, -0.25) is 4.90 Å². The molecule has 3 heterocycles. The van der Waals surface area contributed by atoms with E-state index in [-0.39, 0.29) is 7.47 Å². The van der Waals surface area contributed by atoms with E-state index in [0.29, 0.717) is 41.7 Å². The molecule has 0 aliphatic carbocycles. The molecule has 4 rings (SSSR count). The highest BCUT2D eigenvalue weighted by molar-refractivity contribution is 7.92. The lowest BCUT2D eigenvalue weighted by molar-refractivity contribution is -0.134. The molecule has 1 aliphatic rings. The van der Waals surface area contributed by atoms with Gasteiger partial charge in [0.25, 0.3) is 9.84 Å². The number of hydrogen-bond acceptors (Lipinski definition) is 9. The molecule has 0 bridgehead atoms. The maximum Gasteiger partial charge on any atom is 0.501 e. The first kappa shape index (κ1) is 30.3. The minimum absolute atomic E-state index is 0.